The van der Waals surface area contributed by atoms with Gasteiger partial charge in [0.05, 0.1) is 5.56 Å². The molecule has 1 N–H and O–H groups in total. The number of nitrogens with one attached hydrogen (secondary N) is 1. The molecule has 0 aliphatic heterocycles. The summed E-state index contributed by atoms with van der Waals surface area (Å²) < 4.78 is 43.2. The highest BCUT2D eigenvalue weighted by Gasteiger charge is 2.33. The first-order valence-electron chi connectivity index (χ1n) is 5.37. The topological polar surface area (TPSA) is 42.2 Å². The van der Waals surface area contributed by atoms with E-state index in [1.807, 2.05) is 0 Å². The molecule has 7 heteroatoms. The highest BCUT2D eigenvalue weighted by atomic mass is 79.9. The molecule has 0 fully saturated rings. The Hall–Kier alpha value is -1.50. The Morgan fingerprint density at radius 3 is 2.63 bits per heavy atom. The molecule has 0 aliphatic rings. The third kappa shape index (κ3) is 3.09. The van der Waals surface area contributed by atoms with Crippen LogP contribution in [0.3, 0.4) is 0 Å². The van der Waals surface area contributed by atoms with E-state index < -0.39 is 17.4 Å². The molecule has 3 nitrogen and oxygen atoms in total. The number of anilines is 1. The van der Waals surface area contributed by atoms with Gasteiger partial charge in [-0.3, -0.25) is 0 Å². The second-order valence-corrected chi connectivity index (χ2v) is 4.60. The third-order valence-electron chi connectivity index (χ3n) is 2.47. The molecule has 0 atom stereocenters. The van der Waals surface area contributed by atoms with Crippen LogP contribution in [0.15, 0.2) is 33.5 Å². The van der Waals surface area contributed by atoms with Crippen LogP contribution in [0.25, 0.3) is 11.0 Å². The van der Waals surface area contributed by atoms with Crippen molar-refractivity contribution in [1.29, 1.82) is 0 Å². The van der Waals surface area contributed by atoms with Crippen molar-refractivity contribution in [3.05, 3.63) is 40.2 Å². The predicted octanol–water partition coefficient (Wildman–Crippen LogP) is 3.62. The van der Waals surface area contributed by atoms with Crippen LogP contribution in [0.5, 0.6) is 0 Å². The van der Waals surface area contributed by atoms with E-state index in [-0.39, 0.29) is 11.0 Å². The van der Waals surface area contributed by atoms with E-state index in [1.54, 1.807) is 0 Å². The minimum atomic E-state index is -4.58. The summed E-state index contributed by atoms with van der Waals surface area (Å²) in [6.07, 6.45) is -4.58. The molecule has 0 spiro atoms. The molecule has 0 aliphatic carbocycles. The highest BCUT2D eigenvalue weighted by Crippen LogP contribution is 2.34. The summed E-state index contributed by atoms with van der Waals surface area (Å²) in [7, 11) is 0. The molecular weight excluding hydrogens is 327 g/mol. The molecule has 0 unspecified atom stereocenters. The Kier molecular flexibility index (Phi) is 3.84. The zero-order valence-electron chi connectivity index (χ0n) is 9.55. The second-order valence-electron chi connectivity index (χ2n) is 3.80. The molecule has 2 rings (SSSR count). The monoisotopic (exact) mass is 335 g/mol. The van der Waals surface area contributed by atoms with E-state index in [1.165, 1.54) is 18.2 Å². The molecule has 19 heavy (non-hydrogen) atoms. The largest absolute Gasteiger partial charge is 0.423 e. The van der Waals surface area contributed by atoms with Crippen LogP contribution >= 0.6 is 15.9 Å². The fourth-order valence-corrected chi connectivity index (χ4v) is 1.90. The van der Waals surface area contributed by atoms with Gasteiger partial charge in [0.1, 0.15) is 5.58 Å². The Morgan fingerprint density at radius 2 is 2.00 bits per heavy atom. The number of benzene rings is 1. The summed E-state index contributed by atoms with van der Waals surface area (Å²) in [5, 5.41) is 3.54. The molecule has 0 saturated carbocycles. The Balaban J connectivity index is 2.58. The lowest BCUT2D eigenvalue weighted by molar-refractivity contribution is -0.136. The van der Waals surface area contributed by atoms with E-state index in [9.17, 15) is 18.0 Å². The second kappa shape index (κ2) is 5.24. The SMILES string of the molecule is O=c1cc(C(F)(F)F)c2ccc(NCCBr)cc2o1. The predicted molar refractivity (Wildman–Crippen MR) is 69.8 cm³/mol. The van der Waals surface area contributed by atoms with Crippen LogP contribution < -0.4 is 10.9 Å². The first-order valence-corrected chi connectivity index (χ1v) is 6.49. The molecule has 0 saturated heterocycles. The summed E-state index contributed by atoms with van der Waals surface area (Å²) in [6, 6.07) is 4.65. The van der Waals surface area contributed by atoms with Crippen LogP contribution in [-0.4, -0.2) is 11.9 Å². The van der Waals surface area contributed by atoms with Crippen molar-refractivity contribution < 1.29 is 17.6 Å². The van der Waals surface area contributed by atoms with Crippen molar-refractivity contribution >= 4 is 32.6 Å². The summed E-state index contributed by atoms with van der Waals surface area (Å²) in [4.78, 5) is 11.2. The van der Waals surface area contributed by atoms with Crippen LogP contribution in [0.2, 0.25) is 0 Å². The van der Waals surface area contributed by atoms with E-state index in [2.05, 4.69) is 21.2 Å². The van der Waals surface area contributed by atoms with Gasteiger partial charge in [-0.15, -0.1) is 0 Å². The Morgan fingerprint density at radius 1 is 1.26 bits per heavy atom. The molecule has 102 valence electrons. The minimum Gasteiger partial charge on any atom is -0.423 e. The van der Waals surface area contributed by atoms with Gasteiger partial charge < -0.3 is 9.73 Å². The number of alkyl halides is 4. The van der Waals surface area contributed by atoms with E-state index in [0.29, 0.717) is 23.6 Å². The zero-order valence-corrected chi connectivity index (χ0v) is 11.1. The van der Waals surface area contributed by atoms with Crippen molar-refractivity contribution in [1.82, 2.24) is 0 Å². The molecule has 2 aromatic rings. The molecule has 1 aromatic carbocycles. The smallest absolute Gasteiger partial charge is 0.417 e. The number of hydrogen-bond acceptors (Lipinski definition) is 3. The first-order chi connectivity index (χ1) is 8.91. The van der Waals surface area contributed by atoms with Crippen LogP contribution in [-0.2, 0) is 6.18 Å². The Bertz CT molecular complexity index is 651. The van der Waals surface area contributed by atoms with Crippen molar-refractivity contribution in [2.75, 3.05) is 17.2 Å². The standard InChI is InChI=1S/C12H9BrF3NO2/c13-3-4-17-7-1-2-8-9(12(14,15)16)6-11(18)19-10(8)5-7/h1-2,5-6,17H,3-4H2. The van der Waals surface area contributed by atoms with E-state index in [4.69, 9.17) is 4.42 Å². The molecule has 0 radical (unpaired) electrons. The van der Waals surface area contributed by atoms with Crippen molar-refractivity contribution in [2.45, 2.75) is 6.18 Å². The lowest BCUT2D eigenvalue weighted by Crippen LogP contribution is -2.11. The van der Waals surface area contributed by atoms with E-state index >= 15 is 0 Å². The average Bonchev–Trinajstić information content (AvgIpc) is 2.33. The highest BCUT2D eigenvalue weighted by molar-refractivity contribution is 9.09. The minimum absolute atomic E-state index is 0.0839. The van der Waals surface area contributed by atoms with Gasteiger partial charge >= 0.3 is 11.8 Å². The fraction of sp³-hybridized carbons (Fsp3) is 0.250. The van der Waals surface area contributed by atoms with Crippen LogP contribution in [0, 0.1) is 0 Å². The van der Waals surface area contributed by atoms with Crippen LogP contribution in [0.4, 0.5) is 18.9 Å². The maximum atomic E-state index is 12.8. The summed E-state index contributed by atoms with van der Waals surface area (Å²) in [5.41, 5.74) is -1.49. The summed E-state index contributed by atoms with van der Waals surface area (Å²) >= 11 is 3.22. The number of hydrogen-bond donors (Lipinski definition) is 1. The number of halogens is 4. The van der Waals surface area contributed by atoms with Gasteiger partial charge in [-0.2, -0.15) is 13.2 Å². The number of fused-ring (bicyclic) bond motifs is 1. The zero-order chi connectivity index (χ0) is 14.0. The first kappa shape index (κ1) is 13.9. The van der Waals surface area contributed by atoms with Gasteiger partial charge in [-0.05, 0) is 12.1 Å². The van der Waals surface area contributed by atoms with Crippen molar-refractivity contribution in [3.8, 4) is 0 Å². The molecule has 0 bridgehead atoms. The summed E-state index contributed by atoms with van der Waals surface area (Å²) in [5.74, 6) is 0. The summed E-state index contributed by atoms with van der Waals surface area (Å²) in [6.45, 7) is 0.606. The average molecular weight is 336 g/mol. The number of rotatable bonds is 3. The maximum absolute atomic E-state index is 12.8. The van der Waals surface area contributed by atoms with Gasteiger partial charge in [-0.1, -0.05) is 15.9 Å². The van der Waals surface area contributed by atoms with Gasteiger partial charge in [0, 0.05) is 35.1 Å². The molecule has 1 heterocycles. The van der Waals surface area contributed by atoms with Gasteiger partial charge in [0.15, 0.2) is 0 Å². The Labute approximate surface area is 114 Å². The quantitative estimate of drug-likeness (QED) is 0.688. The van der Waals surface area contributed by atoms with Gasteiger partial charge in [-0.25, -0.2) is 4.79 Å². The fourth-order valence-electron chi connectivity index (χ4n) is 1.70. The lowest BCUT2D eigenvalue weighted by atomic mass is 10.1. The normalized spacial score (nSPS) is 11.8. The molecule has 1 aromatic heterocycles. The lowest BCUT2D eigenvalue weighted by Gasteiger charge is -2.10. The van der Waals surface area contributed by atoms with Gasteiger partial charge in [0.2, 0.25) is 0 Å². The van der Waals surface area contributed by atoms with Crippen molar-refractivity contribution in [3.63, 3.8) is 0 Å². The molecular formula is C12H9BrF3NO2. The van der Waals surface area contributed by atoms with E-state index in [0.717, 1.165) is 0 Å². The molecule has 0 amide bonds. The van der Waals surface area contributed by atoms with Crippen LogP contribution in [0.1, 0.15) is 5.56 Å². The van der Waals surface area contributed by atoms with Crippen molar-refractivity contribution in [2.24, 2.45) is 0 Å². The maximum Gasteiger partial charge on any atom is 0.417 e. The van der Waals surface area contributed by atoms with Gasteiger partial charge in [0.25, 0.3) is 0 Å². The third-order valence-corrected chi connectivity index (χ3v) is 2.87.